The molecule has 0 aliphatic heterocycles. The molecule has 1 aromatic heterocycles. The minimum absolute atomic E-state index is 0.129. The summed E-state index contributed by atoms with van der Waals surface area (Å²) in [6, 6.07) is 5.13. The van der Waals surface area contributed by atoms with Crippen molar-refractivity contribution in [2.75, 3.05) is 0 Å². The van der Waals surface area contributed by atoms with Gasteiger partial charge in [-0.05, 0) is 17.7 Å². The zero-order valence-corrected chi connectivity index (χ0v) is 11.7. The van der Waals surface area contributed by atoms with Gasteiger partial charge in [0.15, 0.2) is 0 Å². The molecule has 1 N–H and O–H groups in total. The molecule has 4 nitrogen and oxygen atoms in total. The molecule has 0 aliphatic rings. The molecule has 1 aromatic carbocycles. The van der Waals surface area contributed by atoms with E-state index in [4.69, 9.17) is 11.6 Å². The Hall–Kier alpha value is -1.46. The third kappa shape index (κ3) is 3.75. The van der Waals surface area contributed by atoms with Crippen LogP contribution in [0.4, 0.5) is 4.39 Å². The maximum atomic E-state index is 13.4. The van der Waals surface area contributed by atoms with Crippen molar-refractivity contribution in [2.45, 2.75) is 33.0 Å². The predicted molar refractivity (Wildman–Crippen MR) is 72.5 cm³/mol. The molecule has 19 heavy (non-hydrogen) atoms. The number of nitrogens with one attached hydrogen (secondary N) is 1. The second-order valence-corrected chi connectivity index (χ2v) is 5.03. The summed E-state index contributed by atoms with van der Waals surface area (Å²) in [6.45, 7) is 5.24. The standard InChI is InChI=1S/C13H16ClFN4/c1-9(2)16-6-13-17-8-18-19(13)7-10-3-4-11(14)12(15)5-10/h3-5,8-9,16H,6-7H2,1-2H3. The van der Waals surface area contributed by atoms with Crippen LogP contribution in [0.5, 0.6) is 0 Å². The molecule has 2 rings (SSSR count). The summed E-state index contributed by atoms with van der Waals surface area (Å²) < 4.78 is 15.1. The molecular formula is C13H16ClFN4. The van der Waals surface area contributed by atoms with Gasteiger partial charge in [-0.25, -0.2) is 14.1 Å². The third-order valence-corrected chi connectivity index (χ3v) is 2.99. The van der Waals surface area contributed by atoms with Crippen LogP contribution in [-0.2, 0) is 13.1 Å². The van der Waals surface area contributed by atoms with E-state index in [9.17, 15) is 4.39 Å². The molecule has 0 amide bonds. The van der Waals surface area contributed by atoms with Gasteiger partial charge >= 0.3 is 0 Å². The SMILES string of the molecule is CC(C)NCc1ncnn1Cc1ccc(Cl)c(F)c1. The Morgan fingerprint density at radius 1 is 1.42 bits per heavy atom. The molecule has 2 aromatic rings. The summed E-state index contributed by atoms with van der Waals surface area (Å²) in [5.74, 6) is 0.408. The minimum atomic E-state index is -0.416. The van der Waals surface area contributed by atoms with E-state index in [2.05, 4.69) is 29.2 Å². The zero-order chi connectivity index (χ0) is 13.8. The van der Waals surface area contributed by atoms with Crippen molar-refractivity contribution in [3.05, 3.63) is 46.8 Å². The van der Waals surface area contributed by atoms with Crippen molar-refractivity contribution >= 4 is 11.6 Å². The fourth-order valence-electron chi connectivity index (χ4n) is 1.66. The Balaban J connectivity index is 2.10. The Labute approximate surface area is 116 Å². The summed E-state index contributed by atoms with van der Waals surface area (Å²) in [6.07, 6.45) is 1.50. The number of hydrogen-bond acceptors (Lipinski definition) is 3. The van der Waals surface area contributed by atoms with Crippen molar-refractivity contribution in [3.63, 3.8) is 0 Å². The van der Waals surface area contributed by atoms with Crippen LogP contribution in [0.25, 0.3) is 0 Å². The van der Waals surface area contributed by atoms with E-state index >= 15 is 0 Å². The van der Waals surface area contributed by atoms with Gasteiger partial charge in [-0.1, -0.05) is 31.5 Å². The molecule has 0 fully saturated rings. The average Bonchev–Trinajstić information content (AvgIpc) is 2.79. The highest BCUT2D eigenvalue weighted by Crippen LogP contribution is 2.16. The highest BCUT2D eigenvalue weighted by Gasteiger charge is 2.07. The lowest BCUT2D eigenvalue weighted by molar-refractivity contribution is 0.537. The topological polar surface area (TPSA) is 42.7 Å². The molecule has 0 unspecified atom stereocenters. The average molecular weight is 283 g/mol. The fraction of sp³-hybridized carbons (Fsp3) is 0.385. The van der Waals surface area contributed by atoms with E-state index in [1.54, 1.807) is 16.8 Å². The van der Waals surface area contributed by atoms with Crippen molar-refractivity contribution in [1.82, 2.24) is 20.1 Å². The van der Waals surface area contributed by atoms with Crippen LogP contribution in [-0.4, -0.2) is 20.8 Å². The third-order valence-electron chi connectivity index (χ3n) is 2.68. The summed E-state index contributed by atoms with van der Waals surface area (Å²) >= 11 is 5.66. The van der Waals surface area contributed by atoms with Crippen LogP contribution in [0.1, 0.15) is 25.2 Å². The van der Waals surface area contributed by atoms with Crippen molar-refractivity contribution in [1.29, 1.82) is 0 Å². The Morgan fingerprint density at radius 2 is 2.21 bits per heavy atom. The molecule has 0 radical (unpaired) electrons. The van der Waals surface area contributed by atoms with Crippen molar-refractivity contribution in [3.8, 4) is 0 Å². The second-order valence-electron chi connectivity index (χ2n) is 4.62. The first-order valence-corrected chi connectivity index (χ1v) is 6.48. The van der Waals surface area contributed by atoms with Crippen LogP contribution >= 0.6 is 11.6 Å². The van der Waals surface area contributed by atoms with Crippen molar-refractivity contribution in [2.24, 2.45) is 0 Å². The van der Waals surface area contributed by atoms with Crippen LogP contribution in [0.3, 0.4) is 0 Å². The van der Waals surface area contributed by atoms with E-state index in [-0.39, 0.29) is 5.02 Å². The molecule has 1 heterocycles. The molecule has 102 valence electrons. The molecule has 0 bridgehead atoms. The molecule has 0 spiro atoms. The molecule has 0 saturated carbocycles. The Kier molecular flexibility index (Phi) is 4.50. The van der Waals surface area contributed by atoms with Crippen LogP contribution in [0.2, 0.25) is 5.02 Å². The van der Waals surface area contributed by atoms with Gasteiger partial charge in [0, 0.05) is 6.04 Å². The van der Waals surface area contributed by atoms with E-state index < -0.39 is 5.82 Å². The number of rotatable bonds is 5. The largest absolute Gasteiger partial charge is 0.308 e. The number of halogens is 2. The van der Waals surface area contributed by atoms with Gasteiger partial charge in [-0.15, -0.1) is 0 Å². The summed E-state index contributed by atoms with van der Waals surface area (Å²) in [4.78, 5) is 4.19. The van der Waals surface area contributed by atoms with Gasteiger partial charge in [0.25, 0.3) is 0 Å². The molecule has 0 saturated heterocycles. The lowest BCUT2D eigenvalue weighted by Gasteiger charge is -2.09. The predicted octanol–water partition coefficient (Wildman–Crippen LogP) is 2.62. The number of nitrogens with zero attached hydrogens (tertiary/aromatic N) is 3. The van der Waals surface area contributed by atoms with Gasteiger partial charge in [0.1, 0.15) is 18.0 Å². The lowest BCUT2D eigenvalue weighted by Crippen LogP contribution is -2.24. The minimum Gasteiger partial charge on any atom is -0.308 e. The van der Waals surface area contributed by atoms with E-state index in [1.165, 1.54) is 12.4 Å². The molecule has 6 heteroatoms. The zero-order valence-electron chi connectivity index (χ0n) is 10.9. The van der Waals surface area contributed by atoms with E-state index in [0.717, 1.165) is 11.4 Å². The van der Waals surface area contributed by atoms with Crippen LogP contribution in [0.15, 0.2) is 24.5 Å². The molecule has 0 aliphatic carbocycles. The first-order chi connectivity index (χ1) is 9.06. The van der Waals surface area contributed by atoms with Gasteiger partial charge in [0.05, 0.1) is 18.1 Å². The van der Waals surface area contributed by atoms with Gasteiger partial charge in [-0.3, -0.25) is 0 Å². The number of hydrogen-bond donors (Lipinski definition) is 1. The number of aromatic nitrogens is 3. The summed E-state index contributed by atoms with van der Waals surface area (Å²) in [7, 11) is 0. The fourth-order valence-corrected chi connectivity index (χ4v) is 1.78. The number of benzene rings is 1. The lowest BCUT2D eigenvalue weighted by atomic mass is 10.2. The molecule has 0 atom stereocenters. The second kappa shape index (κ2) is 6.12. The smallest absolute Gasteiger partial charge is 0.142 e. The van der Waals surface area contributed by atoms with E-state index in [1.807, 2.05) is 0 Å². The van der Waals surface area contributed by atoms with Crippen LogP contribution < -0.4 is 5.32 Å². The summed E-state index contributed by atoms with van der Waals surface area (Å²) in [5, 5.41) is 7.56. The summed E-state index contributed by atoms with van der Waals surface area (Å²) in [5.41, 5.74) is 0.804. The maximum Gasteiger partial charge on any atom is 0.142 e. The van der Waals surface area contributed by atoms with E-state index in [0.29, 0.717) is 19.1 Å². The quantitative estimate of drug-likeness (QED) is 0.917. The highest BCUT2D eigenvalue weighted by atomic mass is 35.5. The van der Waals surface area contributed by atoms with Crippen LogP contribution in [0, 0.1) is 5.82 Å². The maximum absolute atomic E-state index is 13.4. The van der Waals surface area contributed by atoms with Gasteiger partial charge in [0.2, 0.25) is 0 Å². The van der Waals surface area contributed by atoms with Gasteiger partial charge < -0.3 is 5.32 Å². The Bertz CT molecular complexity index is 553. The van der Waals surface area contributed by atoms with Crippen molar-refractivity contribution < 1.29 is 4.39 Å². The normalized spacial score (nSPS) is 11.2. The monoisotopic (exact) mass is 282 g/mol. The van der Waals surface area contributed by atoms with Gasteiger partial charge in [-0.2, -0.15) is 5.10 Å². The first kappa shape index (κ1) is 14.0. The molecular weight excluding hydrogens is 267 g/mol. The highest BCUT2D eigenvalue weighted by molar-refractivity contribution is 6.30. The Morgan fingerprint density at radius 3 is 2.89 bits per heavy atom. The first-order valence-electron chi connectivity index (χ1n) is 6.10.